The highest BCUT2D eigenvalue weighted by molar-refractivity contribution is 5.90. The first-order chi connectivity index (χ1) is 13.3. The van der Waals surface area contributed by atoms with Gasteiger partial charge in [0, 0.05) is 25.0 Å². The molecule has 0 aliphatic carbocycles. The van der Waals surface area contributed by atoms with Crippen molar-refractivity contribution in [2.45, 2.75) is 44.7 Å². The molecule has 2 amide bonds. The molecule has 4 rings (SSSR count). The Morgan fingerprint density at radius 2 is 1.81 bits per heavy atom. The number of nitrogens with zero attached hydrogens (tertiary/aromatic N) is 3. The number of pyridine rings is 1. The SMILES string of the molecule is O=C(Nc1ccccc1CN1CCCCC1)N1CCC[C@@H]1c1ccccn1. The van der Waals surface area contributed by atoms with Crippen molar-refractivity contribution < 1.29 is 4.79 Å². The van der Waals surface area contributed by atoms with Crippen LogP contribution < -0.4 is 5.32 Å². The van der Waals surface area contributed by atoms with Crippen LogP contribution in [0.4, 0.5) is 10.5 Å². The highest BCUT2D eigenvalue weighted by Gasteiger charge is 2.31. The topological polar surface area (TPSA) is 48.5 Å². The molecule has 2 aliphatic rings. The Morgan fingerprint density at radius 1 is 1.00 bits per heavy atom. The summed E-state index contributed by atoms with van der Waals surface area (Å²) >= 11 is 0. The van der Waals surface area contributed by atoms with Crippen molar-refractivity contribution in [1.29, 1.82) is 0 Å². The number of piperidine rings is 1. The predicted molar refractivity (Wildman–Crippen MR) is 108 cm³/mol. The van der Waals surface area contributed by atoms with Gasteiger partial charge in [0.05, 0.1) is 11.7 Å². The van der Waals surface area contributed by atoms with E-state index in [1.165, 1.54) is 24.8 Å². The molecule has 1 aromatic carbocycles. The summed E-state index contributed by atoms with van der Waals surface area (Å²) in [5.41, 5.74) is 3.10. The number of aromatic nitrogens is 1. The minimum atomic E-state index is -0.0192. The lowest BCUT2D eigenvalue weighted by atomic mass is 10.1. The largest absolute Gasteiger partial charge is 0.322 e. The first-order valence-corrected chi connectivity index (χ1v) is 10.1. The Balaban J connectivity index is 1.46. The van der Waals surface area contributed by atoms with Crippen LogP contribution in [0.25, 0.3) is 0 Å². The highest BCUT2D eigenvalue weighted by Crippen LogP contribution is 2.31. The molecule has 1 N–H and O–H groups in total. The molecule has 1 atom stereocenters. The summed E-state index contributed by atoms with van der Waals surface area (Å²) in [6, 6.07) is 14.2. The van der Waals surface area contributed by atoms with E-state index in [1.54, 1.807) is 6.20 Å². The van der Waals surface area contributed by atoms with Crippen LogP contribution in [0.3, 0.4) is 0 Å². The van der Waals surface area contributed by atoms with Crippen molar-refractivity contribution in [1.82, 2.24) is 14.8 Å². The minimum absolute atomic E-state index is 0.0192. The zero-order valence-corrected chi connectivity index (χ0v) is 15.8. The third-order valence-electron chi connectivity index (χ3n) is 5.64. The van der Waals surface area contributed by atoms with Crippen LogP contribution >= 0.6 is 0 Å². The van der Waals surface area contributed by atoms with Gasteiger partial charge in [-0.25, -0.2) is 4.79 Å². The summed E-state index contributed by atoms with van der Waals surface area (Å²) in [5.74, 6) is 0. The molecule has 1 aromatic heterocycles. The number of hydrogen-bond donors (Lipinski definition) is 1. The quantitative estimate of drug-likeness (QED) is 0.873. The van der Waals surface area contributed by atoms with E-state index in [1.807, 2.05) is 35.2 Å². The summed E-state index contributed by atoms with van der Waals surface area (Å²) in [6.45, 7) is 3.98. The fraction of sp³-hybridized carbons (Fsp3) is 0.455. The summed E-state index contributed by atoms with van der Waals surface area (Å²) in [5, 5.41) is 3.17. The molecule has 27 heavy (non-hydrogen) atoms. The van der Waals surface area contributed by atoms with Gasteiger partial charge in [-0.1, -0.05) is 30.7 Å². The van der Waals surface area contributed by atoms with Crippen LogP contribution in [0.2, 0.25) is 0 Å². The van der Waals surface area contributed by atoms with Gasteiger partial charge in [0.1, 0.15) is 0 Å². The molecule has 0 unspecified atom stereocenters. The number of likely N-dealkylation sites (tertiary alicyclic amines) is 2. The Labute approximate surface area is 161 Å². The fourth-order valence-corrected chi connectivity index (χ4v) is 4.22. The maximum absolute atomic E-state index is 13.0. The van der Waals surface area contributed by atoms with Crippen molar-refractivity contribution in [2.24, 2.45) is 0 Å². The normalized spacial score (nSPS) is 20.6. The van der Waals surface area contributed by atoms with Gasteiger partial charge >= 0.3 is 6.03 Å². The number of rotatable bonds is 4. The molecular formula is C22H28N4O. The van der Waals surface area contributed by atoms with Crippen molar-refractivity contribution in [3.8, 4) is 0 Å². The highest BCUT2D eigenvalue weighted by atomic mass is 16.2. The minimum Gasteiger partial charge on any atom is -0.316 e. The van der Waals surface area contributed by atoms with E-state index in [-0.39, 0.29) is 12.1 Å². The van der Waals surface area contributed by atoms with Gasteiger partial charge in [0.2, 0.25) is 0 Å². The molecule has 0 saturated carbocycles. The number of amides is 2. The van der Waals surface area contributed by atoms with E-state index in [0.717, 1.165) is 50.4 Å². The van der Waals surface area contributed by atoms with E-state index in [4.69, 9.17) is 0 Å². The molecular weight excluding hydrogens is 336 g/mol. The second-order valence-electron chi connectivity index (χ2n) is 7.53. The van der Waals surface area contributed by atoms with E-state index >= 15 is 0 Å². The van der Waals surface area contributed by atoms with Gasteiger partial charge in [0.15, 0.2) is 0 Å². The lowest BCUT2D eigenvalue weighted by Gasteiger charge is -2.28. The number of carbonyl (C=O) groups excluding carboxylic acids is 1. The maximum Gasteiger partial charge on any atom is 0.322 e. The Hall–Kier alpha value is -2.40. The zero-order valence-electron chi connectivity index (χ0n) is 15.8. The molecule has 5 nitrogen and oxygen atoms in total. The van der Waals surface area contributed by atoms with Gasteiger partial charge in [-0.15, -0.1) is 0 Å². The van der Waals surface area contributed by atoms with E-state index in [0.29, 0.717) is 0 Å². The Kier molecular flexibility index (Phi) is 5.68. The summed E-state index contributed by atoms with van der Waals surface area (Å²) in [6.07, 6.45) is 7.67. The first-order valence-electron chi connectivity index (χ1n) is 10.1. The number of urea groups is 1. The third kappa shape index (κ3) is 4.30. The van der Waals surface area contributed by atoms with Gasteiger partial charge in [-0.3, -0.25) is 9.88 Å². The van der Waals surface area contributed by atoms with Crippen LogP contribution in [0.15, 0.2) is 48.7 Å². The maximum atomic E-state index is 13.0. The van der Waals surface area contributed by atoms with Gasteiger partial charge in [0.25, 0.3) is 0 Å². The smallest absolute Gasteiger partial charge is 0.316 e. The summed E-state index contributed by atoms with van der Waals surface area (Å²) < 4.78 is 0. The standard InChI is InChI=1S/C22H28N4O/c27-22(26-16-8-12-21(26)20-11-4-5-13-23-20)24-19-10-3-2-9-18(19)17-25-14-6-1-7-15-25/h2-5,9-11,13,21H,1,6-8,12,14-17H2,(H,24,27)/t21-/m1/s1. The lowest BCUT2D eigenvalue weighted by Crippen LogP contribution is -2.35. The van der Waals surface area contributed by atoms with Crippen molar-refractivity contribution in [3.63, 3.8) is 0 Å². The monoisotopic (exact) mass is 364 g/mol. The molecule has 3 heterocycles. The van der Waals surface area contributed by atoms with Gasteiger partial charge in [-0.2, -0.15) is 0 Å². The Morgan fingerprint density at radius 3 is 2.63 bits per heavy atom. The van der Waals surface area contributed by atoms with Crippen LogP contribution in [0.1, 0.15) is 49.4 Å². The number of para-hydroxylation sites is 1. The number of nitrogens with one attached hydrogen (secondary N) is 1. The second kappa shape index (κ2) is 8.53. The first kappa shape index (κ1) is 18.0. The lowest BCUT2D eigenvalue weighted by molar-refractivity contribution is 0.205. The van der Waals surface area contributed by atoms with E-state index < -0.39 is 0 Å². The molecule has 2 aliphatic heterocycles. The van der Waals surface area contributed by atoms with Crippen LogP contribution in [-0.2, 0) is 6.54 Å². The number of carbonyl (C=O) groups is 1. The fourth-order valence-electron chi connectivity index (χ4n) is 4.22. The van der Waals surface area contributed by atoms with E-state index in [2.05, 4.69) is 27.3 Å². The van der Waals surface area contributed by atoms with Crippen molar-refractivity contribution >= 4 is 11.7 Å². The molecule has 2 saturated heterocycles. The zero-order chi connectivity index (χ0) is 18.5. The molecule has 0 radical (unpaired) electrons. The second-order valence-corrected chi connectivity index (χ2v) is 7.53. The van der Waals surface area contributed by atoms with Crippen molar-refractivity contribution in [2.75, 3.05) is 25.0 Å². The molecule has 2 aromatic rings. The number of hydrogen-bond acceptors (Lipinski definition) is 3. The molecule has 2 fully saturated rings. The molecule has 0 spiro atoms. The molecule has 5 heteroatoms. The van der Waals surface area contributed by atoms with Gasteiger partial charge in [-0.05, 0) is 62.5 Å². The average molecular weight is 364 g/mol. The predicted octanol–water partition coefficient (Wildman–Crippen LogP) is 4.44. The van der Waals surface area contributed by atoms with Crippen molar-refractivity contribution in [3.05, 3.63) is 59.9 Å². The number of benzene rings is 1. The third-order valence-corrected chi connectivity index (χ3v) is 5.64. The molecule has 0 bridgehead atoms. The van der Waals surface area contributed by atoms with Gasteiger partial charge < -0.3 is 10.2 Å². The summed E-state index contributed by atoms with van der Waals surface area (Å²) in [4.78, 5) is 21.9. The van der Waals surface area contributed by atoms with E-state index in [9.17, 15) is 4.79 Å². The summed E-state index contributed by atoms with van der Waals surface area (Å²) in [7, 11) is 0. The number of anilines is 1. The van der Waals surface area contributed by atoms with Crippen LogP contribution in [-0.4, -0.2) is 40.4 Å². The Bertz CT molecular complexity index is 758. The van der Waals surface area contributed by atoms with Crippen LogP contribution in [0, 0.1) is 0 Å². The molecule has 142 valence electrons. The van der Waals surface area contributed by atoms with Crippen LogP contribution in [0.5, 0.6) is 0 Å². The average Bonchev–Trinajstić information content (AvgIpc) is 3.21.